The minimum Gasteiger partial charge on any atom is -0.464 e. The number of aliphatic hydroxyl groups excluding tert-OH is 1. The highest BCUT2D eigenvalue weighted by Gasteiger charge is 2.42. The molecule has 0 bridgehead atoms. The molecule has 1 fully saturated rings. The minimum atomic E-state index is -1.60. The summed E-state index contributed by atoms with van der Waals surface area (Å²) in [6.07, 6.45) is -2.67. The van der Waals surface area contributed by atoms with Crippen LogP contribution in [0.15, 0.2) is 28.7 Å². The molecule has 1 saturated heterocycles. The van der Waals surface area contributed by atoms with Crippen molar-refractivity contribution < 1.29 is 24.6 Å². The van der Waals surface area contributed by atoms with E-state index in [-0.39, 0.29) is 17.7 Å². The van der Waals surface area contributed by atoms with E-state index in [1.54, 1.807) is 24.3 Å². The number of imide groups is 3. The molecule has 0 saturated carbocycles. The molecule has 106 valence electrons. The quantitative estimate of drug-likeness (QED) is 0.801. The Kier molecular flexibility index (Phi) is 4.20. The van der Waals surface area contributed by atoms with Gasteiger partial charge < -0.3 is 10.2 Å². The largest absolute Gasteiger partial charge is 0.464 e. The second kappa shape index (κ2) is 5.72. The van der Waals surface area contributed by atoms with Gasteiger partial charge in [-0.25, -0.2) is 4.79 Å². The number of benzene rings is 1. The average molecular weight is 342 g/mol. The van der Waals surface area contributed by atoms with Crippen LogP contribution in [0.5, 0.6) is 0 Å². The highest BCUT2D eigenvalue weighted by Crippen LogP contribution is 2.31. The SMILES string of the molecule is O=C(O)N1C(=O)CCC(C(O)c2ccc(Br)cc2)C1=O. The molecule has 1 aliphatic heterocycles. The van der Waals surface area contributed by atoms with Crippen molar-refractivity contribution in [1.82, 2.24) is 4.90 Å². The van der Waals surface area contributed by atoms with Gasteiger partial charge in [0.15, 0.2) is 0 Å². The van der Waals surface area contributed by atoms with Gasteiger partial charge in [-0.1, -0.05) is 28.1 Å². The molecule has 1 aromatic rings. The molecule has 1 aliphatic rings. The molecule has 6 nitrogen and oxygen atoms in total. The Bertz CT molecular complexity index is 556. The van der Waals surface area contributed by atoms with Crippen molar-refractivity contribution in [1.29, 1.82) is 0 Å². The molecule has 2 rings (SSSR count). The van der Waals surface area contributed by atoms with Crippen molar-refractivity contribution in [2.45, 2.75) is 18.9 Å². The first-order valence-electron chi connectivity index (χ1n) is 5.95. The third kappa shape index (κ3) is 2.73. The maximum atomic E-state index is 12.0. The standard InChI is InChI=1S/C13H12BrNO5/c14-8-3-1-7(2-4-8)11(17)9-5-6-10(16)15(12(9)18)13(19)20/h1-4,9,11,17H,5-6H2,(H,19,20). The number of carboxylic acid groups (broad SMARTS) is 1. The lowest BCUT2D eigenvalue weighted by molar-refractivity contribution is -0.151. The van der Waals surface area contributed by atoms with Crippen LogP contribution in [0.4, 0.5) is 4.79 Å². The van der Waals surface area contributed by atoms with Crippen LogP contribution in [-0.2, 0) is 9.59 Å². The smallest absolute Gasteiger partial charge is 0.421 e. The first-order chi connectivity index (χ1) is 9.41. The molecule has 0 radical (unpaired) electrons. The summed E-state index contributed by atoms with van der Waals surface area (Å²) >= 11 is 3.26. The van der Waals surface area contributed by atoms with Gasteiger partial charge in [-0.3, -0.25) is 9.59 Å². The zero-order valence-corrected chi connectivity index (χ0v) is 11.9. The summed E-state index contributed by atoms with van der Waals surface area (Å²) in [4.78, 5) is 34.6. The van der Waals surface area contributed by atoms with Gasteiger partial charge in [0, 0.05) is 10.9 Å². The topological polar surface area (TPSA) is 94.9 Å². The van der Waals surface area contributed by atoms with Crippen LogP contribution in [-0.4, -0.2) is 33.0 Å². The Balaban J connectivity index is 2.24. The monoisotopic (exact) mass is 341 g/mol. The molecule has 3 amide bonds. The Hall–Kier alpha value is -1.73. The highest BCUT2D eigenvalue weighted by molar-refractivity contribution is 9.10. The second-order valence-electron chi connectivity index (χ2n) is 4.49. The summed E-state index contributed by atoms with van der Waals surface area (Å²) in [5.74, 6) is -2.55. The molecule has 0 spiro atoms. The third-order valence-electron chi connectivity index (χ3n) is 3.24. The summed E-state index contributed by atoms with van der Waals surface area (Å²) in [5.41, 5.74) is 0.506. The van der Waals surface area contributed by atoms with Crippen LogP contribution in [0.3, 0.4) is 0 Å². The van der Waals surface area contributed by atoms with Crippen LogP contribution in [0, 0.1) is 5.92 Å². The number of likely N-dealkylation sites (tertiary alicyclic amines) is 1. The Morgan fingerprint density at radius 3 is 2.45 bits per heavy atom. The summed E-state index contributed by atoms with van der Waals surface area (Å²) in [6, 6.07) is 6.71. The molecule has 20 heavy (non-hydrogen) atoms. The van der Waals surface area contributed by atoms with Gasteiger partial charge in [-0.05, 0) is 24.1 Å². The number of amides is 3. The molecule has 7 heteroatoms. The first-order valence-corrected chi connectivity index (χ1v) is 6.74. The molecule has 2 unspecified atom stereocenters. The minimum absolute atomic E-state index is 0.0731. The van der Waals surface area contributed by atoms with Gasteiger partial charge in [-0.15, -0.1) is 0 Å². The van der Waals surface area contributed by atoms with E-state index in [2.05, 4.69) is 15.9 Å². The molecule has 2 N–H and O–H groups in total. The maximum absolute atomic E-state index is 12.0. The molecular formula is C13H12BrNO5. The fourth-order valence-electron chi connectivity index (χ4n) is 2.19. The van der Waals surface area contributed by atoms with E-state index >= 15 is 0 Å². The van der Waals surface area contributed by atoms with Crippen LogP contribution in [0.25, 0.3) is 0 Å². The summed E-state index contributed by atoms with van der Waals surface area (Å²) < 4.78 is 0.825. The Labute approximate surface area is 123 Å². The lowest BCUT2D eigenvalue weighted by Gasteiger charge is -2.30. The molecule has 1 heterocycles. The lowest BCUT2D eigenvalue weighted by atomic mass is 9.87. The van der Waals surface area contributed by atoms with Crippen LogP contribution < -0.4 is 0 Å². The van der Waals surface area contributed by atoms with Gasteiger partial charge >= 0.3 is 6.09 Å². The van der Waals surface area contributed by atoms with E-state index in [0.717, 1.165) is 4.47 Å². The third-order valence-corrected chi connectivity index (χ3v) is 3.77. The van der Waals surface area contributed by atoms with E-state index < -0.39 is 29.9 Å². The van der Waals surface area contributed by atoms with Gasteiger partial charge in [0.1, 0.15) is 0 Å². The maximum Gasteiger partial charge on any atom is 0.421 e. The van der Waals surface area contributed by atoms with Crippen LogP contribution in [0.1, 0.15) is 24.5 Å². The number of halogens is 1. The number of piperidine rings is 1. The fraction of sp³-hybridized carbons (Fsp3) is 0.308. The van der Waals surface area contributed by atoms with Crippen molar-refractivity contribution in [3.8, 4) is 0 Å². The van der Waals surface area contributed by atoms with Crippen LogP contribution >= 0.6 is 15.9 Å². The van der Waals surface area contributed by atoms with Crippen molar-refractivity contribution in [2.24, 2.45) is 5.92 Å². The number of aliphatic hydroxyl groups is 1. The van der Waals surface area contributed by atoms with Gasteiger partial charge in [0.25, 0.3) is 0 Å². The number of nitrogens with zero attached hydrogens (tertiary/aromatic N) is 1. The van der Waals surface area contributed by atoms with Crippen molar-refractivity contribution in [3.63, 3.8) is 0 Å². The molecule has 0 aromatic heterocycles. The fourth-order valence-corrected chi connectivity index (χ4v) is 2.45. The van der Waals surface area contributed by atoms with Crippen molar-refractivity contribution in [2.75, 3.05) is 0 Å². The van der Waals surface area contributed by atoms with Gasteiger partial charge in [0.05, 0.1) is 12.0 Å². The molecular weight excluding hydrogens is 330 g/mol. The summed E-state index contributed by atoms with van der Waals surface area (Å²) in [6.45, 7) is 0. The number of carbonyl (C=O) groups excluding carboxylic acids is 2. The highest BCUT2D eigenvalue weighted by atomic mass is 79.9. The van der Waals surface area contributed by atoms with Crippen molar-refractivity contribution in [3.05, 3.63) is 34.3 Å². The predicted molar refractivity (Wildman–Crippen MR) is 71.7 cm³/mol. The number of hydrogen-bond acceptors (Lipinski definition) is 4. The Morgan fingerprint density at radius 1 is 1.30 bits per heavy atom. The molecule has 1 aromatic carbocycles. The van der Waals surface area contributed by atoms with E-state index in [4.69, 9.17) is 5.11 Å². The Morgan fingerprint density at radius 2 is 1.90 bits per heavy atom. The van der Waals surface area contributed by atoms with Gasteiger partial charge in [-0.2, -0.15) is 4.90 Å². The number of carbonyl (C=O) groups is 3. The first kappa shape index (κ1) is 14.7. The summed E-state index contributed by atoms with van der Waals surface area (Å²) in [5, 5.41) is 19.1. The second-order valence-corrected chi connectivity index (χ2v) is 5.41. The zero-order valence-electron chi connectivity index (χ0n) is 10.3. The average Bonchev–Trinajstić information content (AvgIpc) is 2.38. The lowest BCUT2D eigenvalue weighted by Crippen LogP contribution is -2.49. The van der Waals surface area contributed by atoms with Crippen LogP contribution in [0.2, 0.25) is 0 Å². The zero-order chi connectivity index (χ0) is 14.9. The van der Waals surface area contributed by atoms with E-state index in [1.165, 1.54) is 0 Å². The normalized spacial score (nSPS) is 20.9. The van der Waals surface area contributed by atoms with E-state index in [1.807, 2.05) is 0 Å². The molecule has 0 aliphatic carbocycles. The summed E-state index contributed by atoms with van der Waals surface area (Å²) in [7, 11) is 0. The van der Waals surface area contributed by atoms with Crippen molar-refractivity contribution >= 4 is 33.8 Å². The van der Waals surface area contributed by atoms with Gasteiger partial charge in [0.2, 0.25) is 11.8 Å². The predicted octanol–water partition coefficient (Wildman–Crippen LogP) is 1.93. The number of hydrogen-bond donors (Lipinski definition) is 2. The van der Waals surface area contributed by atoms with E-state index in [0.29, 0.717) is 5.56 Å². The van der Waals surface area contributed by atoms with E-state index in [9.17, 15) is 19.5 Å². The number of rotatable bonds is 2. The molecule has 2 atom stereocenters.